The molecular weight excluding hydrogens is 172 g/mol. The average Bonchev–Trinajstić information content (AvgIpc) is 3.00. The van der Waals surface area contributed by atoms with Crippen molar-refractivity contribution in [2.24, 2.45) is 5.73 Å². The predicted molar refractivity (Wildman–Crippen MR) is 62.4 cm³/mol. The molecule has 2 N–H and O–H groups in total. The molecule has 0 aliphatic heterocycles. The molecule has 2 heteroatoms. The Morgan fingerprint density at radius 1 is 1.36 bits per heavy atom. The third-order valence-electron chi connectivity index (χ3n) is 3.70. The second kappa shape index (κ2) is 5.13. The van der Waals surface area contributed by atoms with E-state index in [1.54, 1.807) is 0 Å². The first kappa shape index (κ1) is 12.0. The number of nitrogens with zero attached hydrogens (tertiary/aromatic N) is 1. The van der Waals surface area contributed by atoms with Gasteiger partial charge in [0.05, 0.1) is 0 Å². The first-order valence-corrected chi connectivity index (χ1v) is 6.07. The zero-order valence-electron chi connectivity index (χ0n) is 10.1. The van der Waals surface area contributed by atoms with E-state index in [4.69, 9.17) is 5.73 Å². The zero-order chi connectivity index (χ0) is 10.6. The van der Waals surface area contributed by atoms with Crippen LogP contribution in [-0.2, 0) is 0 Å². The van der Waals surface area contributed by atoms with Gasteiger partial charge in [0.1, 0.15) is 0 Å². The van der Waals surface area contributed by atoms with E-state index in [2.05, 4.69) is 25.8 Å². The van der Waals surface area contributed by atoms with E-state index in [1.807, 2.05) is 0 Å². The van der Waals surface area contributed by atoms with Crippen LogP contribution in [0.5, 0.6) is 0 Å². The number of unbranched alkanes of at least 4 members (excludes halogenated alkanes) is 2. The van der Waals surface area contributed by atoms with Crippen molar-refractivity contribution in [2.45, 2.75) is 64.0 Å². The highest BCUT2D eigenvalue weighted by atomic mass is 15.2. The lowest BCUT2D eigenvalue weighted by Gasteiger charge is -2.38. The van der Waals surface area contributed by atoms with Gasteiger partial charge in [-0.2, -0.15) is 0 Å². The molecule has 1 unspecified atom stereocenters. The summed E-state index contributed by atoms with van der Waals surface area (Å²) in [5, 5.41) is 0. The van der Waals surface area contributed by atoms with Gasteiger partial charge in [0.2, 0.25) is 0 Å². The minimum absolute atomic E-state index is 0.246. The number of likely N-dealkylation sites (N-methyl/N-ethyl adjacent to an activating group) is 1. The second-order valence-electron chi connectivity index (χ2n) is 5.00. The maximum atomic E-state index is 5.91. The molecule has 0 aromatic rings. The van der Waals surface area contributed by atoms with Crippen molar-refractivity contribution in [3.63, 3.8) is 0 Å². The zero-order valence-corrected chi connectivity index (χ0v) is 10.1. The molecule has 1 fully saturated rings. The number of hydrogen-bond donors (Lipinski definition) is 1. The largest absolute Gasteiger partial charge is 0.329 e. The molecule has 2 nitrogen and oxygen atoms in total. The first-order valence-electron chi connectivity index (χ1n) is 6.07. The normalized spacial score (nSPS) is 21.2. The van der Waals surface area contributed by atoms with E-state index in [9.17, 15) is 0 Å². The highest BCUT2D eigenvalue weighted by Gasteiger charge is 2.37. The third kappa shape index (κ3) is 2.96. The summed E-state index contributed by atoms with van der Waals surface area (Å²) >= 11 is 0. The predicted octanol–water partition coefficient (Wildman–Crippen LogP) is 2.38. The molecule has 1 atom stereocenters. The Morgan fingerprint density at radius 2 is 2.00 bits per heavy atom. The third-order valence-corrected chi connectivity index (χ3v) is 3.70. The lowest BCUT2D eigenvalue weighted by atomic mass is 9.92. The number of hydrogen-bond acceptors (Lipinski definition) is 2. The van der Waals surface area contributed by atoms with Crippen LogP contribution in [0.3, 0.4) is 0 Å². The van der Waals surface area contributed by atoms with Gasteiger partial charge in [0.15, 0.2) is 0 Å². The summed E-state index contributed by atoms with van der Waals surface area (Å²) in [6.07, 6.45) is 7.97. The van der Waals surface area contributed by atoms with Gasteiger partial charge in [-0.25, -0.2) is 0 Å². The van der Waals surface area contributed by atoms with Crippen LogP contribution >= 0.6 is 0 Å². The van der Waals surface area contributed by atoms with Crippen molar-refractivity contribution in [2.75, 3.05) is 13.6 Å². The van der Waals surface area contributed by atoms with Gasteiger partial charge in [-0.3, -0.25) is 4.90 Å². The van der Waals surface area contributed by atoms with Crippen molar-refractivity contribution >= 4 is 0 Å². The summed E-state index contributed by atoms with van der Waals surface area (Å²) in [6, 6.07) is 0.824. The summed E-state index contributed by atoms with van der Waals surface area (Å²) in [6.45, 7) is 5.37. The molecule has 1 aliphatic rings. The monoisotopic (exact) mass is 198 g/mol. The summed E-state index contributed by atoms with van der Waals surface area (Å²) in [4.78, 5) is 2.52. The Bertz CT molecular complexity index is 166. The molecule has 84 valence electrons. The molecule has 0 spiro atoms. The van der Waals surface area contributed by atoms with Crippen LogP contribution in [0, 0.1) is 0 Å². The second-order valence-corrected chi connectivity index (χ2v) is 5.00. The van der Waals surface area contributed by atoms with Gasteiger partial charge < -0.3 is 5.73 Å². The molecule has 0 radical (unpaired) electrons. The van der Waals surface area contributed by atoms with Crippen molar-refractivity contribution in [1.29, 1.82) is 0 Å². The molecule has 0 heterocycles. The molecule has 0 bridgehead atoms. The van der Waals surface area contributed by atoms with Gasteiger partial charge in [0, 0.05) is 18.1 Å². The van der Waals surface area contributed by atoms with Crippen LogP contribution in [0.25, 0.3) is 0 Å². The topological polar surface area (TPSA) is 29.3 Å². The first-order chi connectivity index (χ1) is 6.64. The van der Waals surface area contributed by atoms with E-state index < -0.39 is 0 Å². The minimum Gasteiger partial charge on any atom is -0.329 e. The highest BCUT2D eigenvalue weighted by Crippen LogP contribution is 2.33. The number of nitrogens with two attached hydrogens (primary N) is 1. The Labute approximate surface area is 88.8 Å². The van der Waals surface area contributed by atoms with Gasteiger partial charge >= 0.3 is 0 Å². The SMILES string of the molecule is CCCCCC(C)(CN)N(C)C1CC1. The molecule has 0 aromatic heterocycles. The van der Waals surface area contributed by atoms with Crippen LogP contribution in [0.1, 0.15) is 52.4 Å². The smallest absolute Gasteiger partial charge is 0.0303 e. The summed E-state index contributed by atoms with van der Waals surface area (Å²) in [7, 11) is 2.25. The molecule has 0 saturated heterocycles. The fourth-order valence-electron chi connectivity index (χ4n) is 2.08. The van der Waals surface area contributed by atoms with Crippen molar-refractivity contribution in [1.82, 2.24) is 4.90 Å². The van der Waals surface area contributed by atoms with E-state index in [1.165, 1.54) is 38.5 Å². The van der Waals surface area contributed by atoms with Gasteiger partial charge in [-0.05, 0) is 33.2 Å². The van der Waals surface area contributed by atoms with Gasteiger partial charge in [0.25, 0.3) is 0 Å². The maximum absolute atomic E-state index is 5.91. The highest BCUT2D eigenvalue weighted by molar-refractivity contribution is 4.94. The van der Waals surface area contributed by atoms with E-state index in [0.29, 0.717) is 0 Å². The molecule has 0 aromatic carbocycles. The molecule has 1 saturated carbocycles. The minimum atomic E-state index is 0.246. The average molecular weight is 198 g/mol. The van der Waals surface area contributed by atoms with E-state index >= 15 is 0 Å². The quantitative estimate of drug-likeness (QED) is 0.636. The van der Waals surface area contributed by atoms with Crippen LogP contribution < -0.4 is 5.73 Å². The Morgan fingerprint density at radius 3 is 2.43 bits per heavy atom. The summed E-state index contributed by atoms with van der Waals surface area (Å²) in [5.74, 6) is 0. The fourth-order valence-corrected chi connectivity index (χ4v) is 2.08. The van der Waals surface area contributed by atoms with Crippen LogP contribution in [0.4, 0.5) is 0 Å². The Kier molecular flexibility index (Phi) is 4.39. The molecule has 1 rings (SSSR count). The molecule has 0 amide bonds. The maximum Gasteiger partial charge on any atom is 0.0303 e. The van der Waals surface area contributed by atoms with Crippen LogP contribution in [0.2, 0.25) is 0 Å². The fraction of sp³-hybridized carbons (Fsp3) is 1.00. The van der Waals surface area contributed by atoms with Gasteiger partial charge in [-0.1, -0.05) is 26.2 Å². The van der Waals surface area contributed by atoms with Crippen molar-refractivity contribution in [3.05, 3.63) is 0 Å². The summed E-state index contributed by atoms with van der Waals surface area (Å²) in [5.41, 5.74) is 6.16. The van der Waals surface area contributed by atoms with Crippen molar-refractivity contribution in [3.8, 4) is 0 Å². The van der Waals surface area contributed by atoms with Crippen LogP contribution in [0.15, 0.2) is 0 Å². The molecule has 14 heavy (non-hydrogen) atoms. The van der Waals surface area contributed by atoms with Crippen LogP contribution in [-0.4, -0.2) is 30.1 Å². The Balaban J connectivity index is 2.37. The standard InChI is InChI=1S/C12H26N2/c1-4-5-6-9-12(2,10-13)14(3)11-7-8-11/h11H,4-10,13H2,1-3H3. The van der Waals surface area contributed by atoms with Crippen molar-refractivity contribution < 1.29 is 0 Å². The lowest BCUT2D eigenvalue weighted by molar-refractivity contribution is 0.122. The number of rotatable bonds is 7. The molecular formula is C12H26N2. The molecule has 1 aliphatic carbocycles. The van der Waals surface area contributed by atoms with Gasteiger partial charge in [-0.15, -0.1) is 0 Å². The summed E-state index contributed by atoms with van der Waals surface area (Å²) < 4.78 is 0. The van der Waals surface area contributed by atoms with E-state index in [0.717, 1.165) is 12.6 Å². The van der Waals surface area contributed by atoms with E-state index in [-0.39, 0.29) is 5.54 Å². The Hall–Kier alpha value is -0.0800. The lowest BCUT2D eigenvalue weighted by Crippen LogP contribution is -2.50.